The van der Waals surface area contributed by atoms with Crippen LogP contribution in [-0.2, 0) is 6.61 Å². The molecular weight excluding hydrogens is 293 g/mol. The van der Waals surface area contributed by atoms with Crippen molar-refractivity contribution in [3.05, 3.63) is 65.1 Å². The largest absolute Gasteiger partial charge is 0.473 e. The van der Waals surface area contributed by atoms with E-state index in [0.29, 0.717) is 18.0 Å². The van der Waals surface area contributed by atoms with Crippen molar-refractivity contribution < 1.29 is 9.13 Å². The number of ether oxygens (including phenoxy) is 1. The van der Waals surface area contributed by atoms with Crippen LogP contribution in [-0.4, -0.2) is 17.7 Å². The van der Waals surface area contributed by atoms with Gasteiger partial charge in [0, 0.05) is 24.3 Å². The molecule has 0 saturated heterocycles. The third-order valence-corrected chi connectivity index (χ3v) is 3.49. The quantitative estimate of drug-likeness (QED) is 0.868. The minimum atomic E-state index is -0.452. The summed E-state index contributed by atoms with van der Waals surface area (Å²) in [4.78, 5) is 8.60. The predicted molar refractivity (Wildman–Crippen MR) is 85.6 cm³/mol. The third-order valence-electron chi connectivity index (χ3n) is 3.49. The third kappa shape index (κ3) is 3.61. The van der Waals surface area contributed by atoms with Crippen LogP contribution in [0.1, 0.15) is 23.2 Å². The van der Waals surface area contributed by atoms with Crippen molar-refractivity contribution in [2.45, 2.75) is 13.0 Å². The Bertz CT molecular complexity index is 821. The van der Waals surface area contributed by atoms with Crippen LogP contribution in [0.2, 0.25) is 0 Å². The van der Waals surface area contributed by atoms with Gasteiger partial charge in [0.05, 0.1) is 23.9 Å². The molecule has 114 valence electrons. The van der Waals surface area contributed by atoms with Crippen molar-refractivity contribution in [3.8, 4) is 11.9 Å². The fraction of sp³-hybridized carbons (Fsp3) is 0.167. The maximum Gasteiger partial charge on any atom is 0.214 e. The first-order chi connectivity index (χ1) is 11.3. The standard InChI is InChI=1S/C18H14FN3O/c19-16-10-13(11-20)4-5-15(16)12-23-18-3-1-2-17(22-18)14-6-8-21-9-7-14/h1-6,9-10H,7-8,12H2. The highest BCUT2D eigenvalue weighted by molar-refractivity contribution is 5.80. The Kier molecular flexibility index (Phi) is 4.44. The maximum absolute atomic E-state index is 13.8. The number of nitriles is 1. The van der Waals surface area contributed by atoms with Crippen LogP contribution in [0.25, 0.3) is 5.57 Å². The van der Waals surface area contributed by atoms with Crippen LogP contribution in [0.5, 0.6) is 5.88 Å². The summed E-state index contributed by atoms with van der Waals surface area (Å²) < 4.78 is 19.4. The van der Waals surface area contributed by atoms with Crippen molar-refractivity contribution in [2.24, 2.45) is 4.99 Å². The number of allylic oxidation sites excluding steroid dienone is 1. The molecule has 5 heteroatoms. The van der Waals surface area contributed by atoms with Crippen LogP contribution in [0.3, 0.4) is 0 Å². The van der Waals surface area contributed by atoms with Gasteiger partial charge in [-0.2, -0.15) is 5.26 Å². The SMILES string of the molecule is N#Cc1ccc(COc2cccc(C3=CCN=CC3)n2)c(F)c1. The number of nitrogens with zero attached hydrogens (tertiary/aromatic N) is 3. The monoisotopic (exact) mass is 307 g/mol. The minimum Gasteiger partial charge on any atom is -0.473 e. The normalized spacial score (nSPS) is 13.3. The minimum absolute atomic E-state index is 0.0640. The molecule has 4 nitrogen and oxygen atoms in total. The van der Waals surface area contributed by atoms with Gasteiger partial charge in [0.15, 0.2) is 0 Å². The molecule has 0 spiro atoms. The number of hydrogen-bond donors (Lipinski definition) is 0. The van der Waals surface area contributed by atoms with E-state index < -0.39 is 5.82 Å². The number of pyridine rings is 1. The Hall–Kier alpha value is -3.00. The van der Waals surface area contributed by atoms with Gasteiger partial charge >= 0.3 is 0 Å². The fourth-order valence-corrected chi connectivity index (χ4v) is 2.25. The van der Waals surface area contributed by atoms with Crippen molar-refractivity contribution in [3.63, 3.8) is 0 Å². The Labute approximate surface area is 133 Å². The second-order valence-corrected chi connectivity index (χ2v) is 5.05. The van der Waals surface area contributed by atoms with E-state index in [1.807, 2.05) is 30.5 Å². The first-order valence-electron chi connectivity index (χ1n) is 7.22. The average Bonchev–Trinajstić information content (AvgIpc) is 2.61. The molecule has 1 aliphatic heterocycles. The summed E-state index contributed by atoms with van der Waals surface area (Å²) in [5, 5.41) is 8.74. The van der Waals surface area contributed by atoms with Crippen LogP contribution in [0.15, 0.2) is 47.5 Å². The molecule has 0 unspecified atom stereocenters. The number of halogens is 1. The van der Waals surface area contributed by atoms with Crippen LogP contribution in [0, 0.1) is 17.1 Å². The van der Waals surface area contributed by atoms with Gasteiger partial charge in [-0.1, -0.05) is 18.2 Å². The van der Waals surface area contributed by atoms with E-state index in [4.69, 9.17) is 10.00 Å². The second kappa shape index (κ2) is 6.84. The van der Waals surface area contributed by atoms with Crippen molar-refractivity contribution in [1.82, 2.24) is 4.98 Å². The van der Waals surface area contributed by atoms with Crippen molar-refractivity contribution in [2.75, 3.05) is 6.54 Å². The lowest BCUT2D eigenvalue weighted by Crippen LogP contribution is -2.02. The highest BCUT2D eigenvalue weighted by Gasteiger charge is 2.08. The van der Waals surface area contributed by atoms with E-state index >= 15 is 0 Å². The number of aromatic nitrogens is 1. The van der Waals surface area contributed by atoms with E-state index in [1.54, 1.807) is 18.2 Å². The van der Waals surface area contributed by atoms with E-state index in [0.717, 1.165) is 17.7 Å². The zero-order valence-corrected chi connectivity index (χ0v) is 12.4. The number of hydrogen-bond acceptors (Lipinski definition) is 4. The van der Waals surface area contributed by atoms with Crippen LogP contribution >= 0.6 is 0 Å². The molecule has 1 aromatic carbocycles. The molecule has 0 N–H and O–H groups in total. The summed E-state index contributed by atoms with van der Waals surface area (Å²) in [6.07, 6.45) is 4.66. The number of dihydropyridines is 1. The molecule has 0 radical (unpaired) electrons. The topological polar surface area (TPSA) is 58.3 Å². The van der Waals surface area contributed by atoms with E-state index in [9.17, 15) is 4.39 Å². The summed E-state index contributed by atoms with van der Waals surface area (Å²) in [5.74, 6) is -0.0129. The smallest absolute Gasteiger partial charge is 0.214 e. The summed E-state index contributed by atoms with van der Waals surface area (Å²) in [6.45, 7) is 0.729. The molecule has 1 aliphatic rings. The number of rotatable bonds is 4. The van der Waals surface area contributed by atoms with Crippen molar-refractivity contribution in [1.29, 1.82) is 5.26 Å². The summed E-state index contributed by atoms with van der Waals surface area (Å²) in [6, 6.07) is 11.7. The molecule has 0 amide bonds. The molecule has 0 saturated carbocycles. The maximum atomic E-state index is 13.8. The Morgan fingerprint density at radius 1 is 1.26 bits per heavy atom. The molecule has 0 fully saturated rings. The van der Waals surface area contributed by atoms with Gasteiger partial charge in [-0.25, -0.2) is 9.37 Å². The fourth-order valence-electron chi connectivity index (χ4n) is 2.25. The van der Waals surface area contributed by atoms with Crippen LogP contribution < -0.4 is 4.74 Å². The summed E-state index contributed by atoms with van der Waals surface area (Å²) >= 11 is 0. The van der Waals surface area contributed by atoms with Gasteiger partial charge in [-0.15, -0.1) is 0 Å². The molecule has 0 atom stereocenters. The number of benzene rings is 1. The molecule has 3 rings (SSSR count). The Morgan fingerprint density at radius 2 is 2.17 bits per heavy atom. The Balaban J connectivity index is 1.71. The molecule has 2 heterocycles. The van der Waals surface area contributed by atoms with Gasteiger partial charge in [0.2, 0.25) is 5.88 Å². The molecule has 0 bridgehead atoms. The molecule has 0 aliphatic carbocycles. The van der Waals surface area contributed by atoms with E-state index in [2.05, 4.69) is 9.98 Å². The molecule has 23 heavy (non-hydrogen) atoms. The lowest BCUT2D eigenvalue weighted by molar-refractivity contribution is 0.288. The highest BCUT2D eigenvalue weighted by atomic mass is 19.1. The molecule has 1 aromatic heterocycles. The Morgan fingerprint density at radius 3 is 2.91 bits per heavy atom. The zero-order valence-electron chi connectivity index (χ0n) is 12.4. The van der Waals surface area contributed by atoms with E-state index in [1.165, 1.54) is 6.07 Å². The second-order valence-electron chi connectivity index (χ2n) is 5.05. The van der Waals surface area contributed by atoms with Gasteiger partial charge < -0.3 is 4.74 Å². The zero-order chi connectivity index (χ0) is 16.1. The number of aliphatic imine (C=N–C) groups is 1. The van der Waals surface area contributed by atoms with Crippen LogP contribution in [0.4, 0.5) is 4.39 Å². The summed E-state index contributed by atoms with van der Waals surface area (Å²) in [7, 11) is 0. The van der Waals surface area contributed by atoms with Gasteiger partial charge in [-0.05, 0) is 23.8 Å². The first-order valence-corrected chi connectivity index (χ1v) is 7.22. The summed E-state index contributed by atoms with van der Waals surface area (Å²) in [5.41, 5.74) is 2.63. The van der Waals surface area contributed by atoms with Gasteiger partial charge in [0.1, 0.15) is 12.4 Å². The lowest BCUT2D eigenvalue weighted by atomic mass is 10.1. The van der Waals surface area contributed by atoms with Crippen molar-refractivity contribution >= 4 is 11.8 Å². The van der Waals surface area contributed by atoms with Gasteiger partial charge in [-0.3, -0.25) is 4.99 Å². The van der Waals surface area contributed by atoms with E-state index in [-0.39, 0.29) is 12.2 Å². The highest BCUT2D eigenvalue weighted by Crippen LogP contribution is 2.21. The van der Waals surface area contributed by atoms with Gasteiger partial charge in [0.25, 0.3) is 0 Å². The lowest BCUT2D eigenvalue weighted by Gasteiger charge is -2.10. The molecular formula is C18H14FN3O. The first kappa shape index (κ1) is 14.9. The predicted octanol–water partition coefficient (Wildman–Crippen LogP) is 3.53. The average molecular weight is 307 g/mol. The molecule has 2 aromatic rings.